The summed E-state index contributed by atoms with van der Waals surface area (Å²) in [6, 6.07) is 10.9. The third-order valence-corrected chi connectivity index (χ3v) is 3.81. The Balaban J connectivity index is 1.52. The highest BCUT2D eigenvalue weighted by Crippen LogP contribution is 2.16. The summed E-state index contributed by atoms with van der Waals surface area (Å²) in [7, 11) is 0. The van der Waals surface area contributed by atoms with Crippen molar-refractivity contribution < 1.29 is 4.79 Å². The summed E-state index contributed by atoms with van der Waals surface area (Å²) in [6.07, 6.45) is 6.32. The Morgan fingerprint density at radius 3 is 2.63 bits per heavy atom. The molecule has 9 heteroatoms. The number of carbonyl (C=O) groups excluding carboxylic acids is 1. The summed E-state index contributed by atoms with van der Waals surface area (Å²) in [5.74, 6) is 0.854. The molecular weight excluding hydrogens is 344 g/mol. The zero-order valence-electron chi connectivity index (χ0n) is 14.3. The van der Waals surface area contributed by atoms with Gasteiger partial charge >= 0.3 is 0 Å². The van der Waals surface area contributed by atoms with E-state index in [9.17, 15) is 4.79 Å². The van der Waals surface area contributed by atoms with Crippen molar-refractivity contribution in [1.29, 1.82) is 0 Å². The Morgan fingerprint density at radius 2 is 1.93 bits per heavy atom. The van der Waals surface area contributed by atoms with Gasteiger partial charge in [0.1, 0.15) is 0 Å². The van der Waals surface area contributed by atoms with E-state index in [0.29, 0.717) is 22.9 Å². The molecule has 27 heavy (non-hydrogen) atoms. The van der Waals surface area contributed by atoms with Crippen molar-refractivity contribution in [1.82, 2.24) is 35.2 Å². The third kappa shape index (κ3) is 3.52. The standard InChI is InChI=1S/C18H14N8O/c1-12-23-24-25-26(12)16-6-2-5-15(8-16)22-18(27)14-10-20-17(21-11-14)13-4-3-7-19-9-13/h2-11H,1H3,(H,22,27). The highest BCUT2D eigenvalue weighted by molar-refractivity contribution is 6.04. The number of aromatic nitrogens is 7. The summed E-state index contributed by atoms with van der Waals surface area (Å²) in [5.41, 5.74) is 2.50. The van der Waals surface area contributed by atoms with E-state index in [4.69, 9.17) is 0 Å². The van der Waals surface area contributed by atoms with E-state index in [1.54, 1.807) is 42.2 Å². The van der Waals surface area contributed by atoms with Gasteiger partial charge in [-0.2, -0.15) is 4.68 Å². The highest BCUT2D eigenvalue weighted by Gasteiger charge is 2.10. The molecule has 0 aliphatic rings. The van der Waals surface area contributed by atoms with Gasteiger partial charge in [0.05, 0.1) is 11.3 Å². The van der Waals surface area contributed by atoms with Crippen LogP contribution in [0, 0.1) is 6.92 Å². The van der Waals surface area contributed by atoms with Crippen LogP contribution in [0.1, 0.15) is 16.2 Å². The van der Waals surface area contributed by atoms with Crippen LogP contribution >= 0.6 is 0 Å². The van der Waals surface area contributed by atoms with Crippen LogP contribution < -0.4 is 5.32 Å². The monoisotopic (exact) mass is 358 g/mol. The number of carbonyl (C=O) groups is 1. The first-order valence-electron chi connectivity index (χ1n) is 8.10. The smallest absolute Gasteiger partial charge is 0.258 e. The number of nitrogens with one attached hydrogen (secondary N) is 1. The molecule has 0 saturated carbocycles. The minimum absolute atomic E-state index is 0.307. The largest absolute Gasteiger partial charge is 0.322 e. The molecule has 1 aromatic carbocycles. The Morgan fingerprint density at radius 1 is 1.07 bits per heavy atom. The Labute approximate surface area is 154 Å². The molecule has 0 spiro atoms. The van der Waals surface area contributed by atoms with E-state index in [-0.39, 0.29) is 5.91 Å². The first-order chi connectivity index (χ1) is 13.2. The average Bonchev–Trinajstić information content (AvgIpc) is 3.15. The van der Waals surface area contributed by atoms with Crippen molar-refractivity contribution in [3.05, 3.63) is 72.6 Å². The number of hydrogen-bond donors (Lipinski definition) is 1. The van der Waals surface area contributed by atoms with E-state index in [1.807, 2.05) is 18.2 Å². The third-order valence-electron chi connectivity index (χ3n) is 3.81. The molecule has 0 aliphatic carbocycles. The van der Waals surface area contributed by atoms with Gasteiger partial charge in [0.2, 0.25) is 0 Å². The minimum atomic E-state index is -0.307. The average molecular weight is 358 g/mol. The van der Waals surface area contributed by atoms with Gasteiger partial charge in [-0.3, -0.25) is 9.78 Å². The molecule has 1 amide bonds. The number of nitrogens with zero attached hydrogens (tertiary/aromatic N) is 7. The Bertz CT molecular complexity index is 1080. The predicted octanol–water partition coefficient (Wildman–Crippen LogP) is 2.08. The van der Waals surface area contributed by atoms with Gasteiger partial charge in [-0.25, -0.2) is 9.97 Å². The van der Waals surface area contributed by atoms with Crippen LogP contribution in [0.25, 0.3) is 17.1 Å². The van der Waals surface area contributed by atoms with Crippen LogP contribution in [0.4, 0.5) is 5.69 Å². The Kier molecular flexibility index (Phi) is 4.32. The lowest BCUT2D eigenvalue weighted by Gasteiger charge is -2.08. The molecule has 0 aliphatic heterocycles. The quantitative estimate of drug-likeness (QED) is 0.594. The summed E-state index contributed by atoms with van der Waals surface area (Å²) < 4.78 is 1.58. The number of amides is 1. The molecule has 1 N–H and O–H groups in total. The van der Waals surface area contributed by atoms with E-state index in [2.05, 4.69) is 35.8 Å². The lowest BCUT2D eigenvalue weighted by Crippen LogP contribution is -2.13. The molecule has 4 rings (SSSR count). The second-order valence-corrected chi connectivity index (χ2v) is 5.68. The SMILES string of the molecule is Cc1nnnn1-c1cccc(NC(=O)c2cnc(-c3cccnc3)nc2)c1. The van der Waals surface area contributed by atoms with Crippen LogP contribution in [-0.4, -0.2) is 41.1 Å². The molecule has 3 heterocycles. The number of pyridine rings is 1. The maximum atomic E-state index is 12.5. The van der Waals surface area contributed by atoms with Crippen molar-refractivity contribution in [2.24, 2.45) is 0 Å². The fraction of sp³-hybridized carbons (Fsp3) is 0.0556. The summed E-state index contributed by atoms with van der Waals surface area (Å²) >= 11 is 0. The maximum Gasteiger partial charge on any atom is 0.258 e. The molecule has 132 valence electrons. The summed E-state index contributed by atoms with van der Waals surface area (Å²) in [4.78, 5) is 25.0. The minimum Gasteiger partial charge on any atom is -0.322 e. The fourth-order valence-corrected chi connectivity index (χ4v) is 2.48. The normalized spacial score (nSPS) is 10.6. The fourth-order valence-electron chi connectivity index (χ4n) is 2.48. The molecule has 9 nitrogen and oxygen atoms in total. The van der Waals surface area contributed by atoms with Crippen molar-refractivity contribution >= 4 is 11.6 Å². The molecule has 0 unspecified atom stereocenters. The Hall–Kier alpha value is -4.01. The van der Waals surface area contributed by atoms with E-state index in [0.717, 1.165) is 11.3 Å². The second-order valence-electron chi connectivity index (χ2n) is 5.68. The van der Waals surface area contributed by atoms with Gasteiger partial charge < -0.3 is 5.32 Å². The molecule has 4 aromatic rings. The molecule has 0 bridgehead atoms. The molecular formula is C18H14N8O. The van der Waals surface area contributed by atoms with Crippen molar-refractivity contribution in [3.63, 3.8) is 0 Å². The number of hydrogen-bond acceptors (Lipinski definition) is 7. The van der Waals surface area contributed by atoms with Gasteiger partial charge in [-0.1, -0.05) is 6.07 Å². The van der Waals surface area contributed by atoms with Crippen LogP contribution in [0.15, 0.2) is 61.2 Å². The topological polar surface area (TPSA) is 111 Å². The van der Waals surface area contributed by atoms with E-state index in [1.165, 1.54) is 12.4 Å². The van der Waals surface area contributed by atoms with Crippen molar-refractivity contribution in [2.45, 2.75) is 6.92 Å². The highest BCUT2D eigenvalue weighted by atomic mass is 16.1. The molecule has 0 saturated heterocycles. The van der Waals surface area contributed by atoms with Gasteiger partial charge in [0, 0.05) is 36.0 Å². The zero-order valence-corrected chi connectivity index (χ0v) is 14.3. The van der Waals surface area contributed by atoms with Crippen LogP contribution in [-0.2, 0) is 0 Å². The zero-order chi connectivity index (χ0) is 18.6. The van der Waals surface area contributed by atoms with E-state index < -0.39 is 0 Å². The van der Waals surface area contributed by atoms with Gasteiger partial charge in [-0.15, -0.1) is 5.10 Å². The van der Waals surface area contributed by atoms with Crippen molar-refractivity contribution in [3.8, 4) is 17.1 Å². The molecule has 0 atom stereocenters. The first-order valence-corrected chi connectivity index (χ1v) is 8.10. The number of benzene rings is 1. The lowest BCUT2D eigenvalue weighted by molar-refractivity contribution is 0.102. The van der Waals surface area contributed by atoms with Gasteiger partial charge in [-0.05, 0) is 47.7 Å². The molecule has 0 radical (unpaired) electrons. The molecule has 3 aromatic heterocycles. The summed E-state index contributed by atoms with van der Waals surface area (Å²) in [6.45, 7) is 1.80. The van der Waals surface area contributed by atoms with Crippen LogP contribution in [0.3, 0.4) is 0 Å². The summed E-state index contributed by atoms with van der Waals surface area (Å²) in [5, 5.41) is 14.2. The van der Waals surface area contributed by atoms with Crippen LogP contribution in [0.2, 0.25) is 0 Å². The van der Waals surface area contributed by atoms with Crippen LogP contribution in [0.5, 0.6) is 0 Å². The lowest BCUT2D eigenvalue weighted by atomic mass is 10.2. The first kappa shape index (κ1) is 16.5. The second kappa shape index (κ2) is 7.08. The predicted molar refractivity (Wildman–Crippen MR) is 97.1 cm³/mol. The van der Waals surface area contributed by atoms with Gasteiger partial charge in [0.25, 0.3) is 5.91 Å². The number of aryl methyl sites for hydroxylation is 1. The number of anilines is 1. The van der Waals surface area contributed by atoms with E-state index >= 15 is 0 Å². The number of tetrazole rings is 1. The maximum absolute atomic E-state index is 12.5. The van der Waals surface area contributed by atoms with Gasteiger partial charge in [0.15, 0.2) is 11.6 Å². The number of rotatable bonds is 4. The molecule has 0 fully saturated rings. The van der Waals surface area contributed by atoms with Crippen molar-refractivity contribution in [2.75, 3.05) is 5.32 Å².